The predicted octanol–water partition coefficient (Wildman–Crippen LogP) is 1.37. The van der Waals surface area contributed by atoms with E-state index in [1.807, 2.05) is 37.4 Å². The van der Waals surface area contributed by atoms with Gasteiger partial charge in [-0.3, -0.25) is 9.69 Å². The summed E-state index contributed by atoms with van der Waals surface area (Å²) in [5.41, 5.74) is 1.12. The van der Waals surface area contributed by atoms with Crippen molar-refractivity contribution in [3.05, 3.63) is 29.8 Å². The Morgan fingerprint density at radius 1 is 1.23 bits per heavy atom. The van der Waals surface area contributed by atoms with Gasteiger partial charge in [-0.2, -0.15) is 15.5 Å². The average molecular weight is 406 g/mol. The van der Waals surface area contributed by atoms with Crippen molar-refractivity contribution in [2.75, 3.05) is 31.1 Å². The summed E-state index contributed by atoms with van der Waals surface area (Å²) in [6, 6.07) is 10.0. The van der Waals surface area contributed by atoms with Crippen molar-refractivity contribution in [1.29, 1.82) is 10.5 Å². The highest BCUT2D eigenvalue weighted by Gasteiger charge is 2.70. The van der Waals surface area contributed by atoms with Gasteiger partial charge in [0.05, 0.1) is 24.6 Å². The zero-order valence-electron chi connectivity index (χ0n) is 16.8. The highest BCUT2D eigenvalue weighted by molar-refractivity contribution is 5.90. The quantitative estimate of drug-likeness (QED) is 0.458. The number of nitrogens with one attached hydrogen (secondary N) is 1. The van der Waals surface area contributed by atoms with Gasteiger partial charge in [-0.1, -0.05) is 12.1 Å². The molecule has 0 spiro atoms. The number of carbonyl (C=O) groups excluding carboxylic acids is 2. The Kier molecular flexibility index (Phi) is 4.83. The van der Waals surface area contributed by atoms with Crippen LogP contribution in [0.1, 0.15) is 19.4 Å². The van der Waals surface area contributed by atoms with Gasteiger partial charge >= 0.3 is 6.09 Å². The van der Waals surface area contributed by atoms with Gasteiger partial charge in [0.25, 0.3) is 0 Å². The van der Waals surface area contributed by atoms with Gasteiger partial charge in [-0.25, -0.2) is 4.79 Å². The third kappa shape index (κ3) is 3.13. The molecule has 9 nitrogen and oxygen atoms in total. The summed E-state index contributed by atoms with van der Waals surface area (Å²) in [6.45, 7) is 5.29. The topological polar surface area (TPSA) is 122 Å². The number of amidine groups is 1. The number of fused-ring (bicyclic) bond motifs is 1. The molecule has 0 radical (unpaired) electrons. The predicted molar refractivity (Wildman–Crippen MR) is 107 cm³/mol. The number of ether oxygens (including phenoxy) is 1. The SMILES string of the molecule is CC(=O)NC[C@H]1CN(c2ccc(C3(C#N)[C@@H]4CN(C(C)=NC#N)C[C@@H]43)cc2)C(=O)O1. The number of aliphatic imine (C=N–C) groups is 1. The van der Waals surface area contributed by atoms with Gasteiger partial charge in [0.2, 0.25) is 12.1 Å². The highest BCUT2D eigenvalue weighted by atomic mass is 16.6. The van der Waals surface area contributed by atoms with E-state index in [4.69, 9.17) is 10.00 Å². The summed E-state index contributed by atoms with van der Waals surface area (Å²) in [5, 5.41) is 21.3. The van der Waals surface area contributed by atoms with E-state index in [0.717, 1.165) is 5.56 Å². The van der Waals surface area contributed by atoms with E-state index in [1.165, 1.54) is 11.8 Å². The number of carbonyl (C=O) groups is 2. The molecule has 9 heteroatoms. The Labute approximate surface area is 174 Å². The molecule has 3 fully saturated rings. The van der Waals surface area contributed by atoms with Gasteiger partial charge < -0.3 is 15.0 Å². The second kappa shape index (κ2) is 7.34. The fourth-order valence-electron chi connectivity index (χ4n) is 4.71. The van der Waals surface area contributed by atoms with Crippen LogP contribution in [0.25, 0.3) is 0 Å². The van der Waals surface area contributed by atoms with Gasteiger partial charge in [0.1, 0.15) is 11.9 Å². The first-order valence-corrected chi connectivity index (χ1v) is 9.83. The molecule has 3 aliphatic rings. The van der Waals surface area contributed by atoms with Crippen LogP contribution in [-0.2, 0) is 14.9 Å². The van der Waals surface area contributed by atoms with Crippen LogP contribution >= 0.6 is 0 Å². The molecular formula is C21H22N6O3. The van der Waals surface area contributed by atoms with Crippen LogP contribution in [0.4, 0.5) is 10.5 Å². The molecule has 2 aliphatic heterocycles. The van der Waals surface area contributed by atoms with Crippen molar-refractivity contribution < 1.29 is 14.3 Å². The number of rotatable bonds is 4. The van der Waals surface area contributed by atoms with Crippen LogP contribution in [-0.4, -0.2) is 55.0 Å². The molecule has 154 valence electrons. The normalized spacial score (nSPS) is 29.7. The molecule has 1 unspecified atom stereocenters. The standard InChI is InChI=1S/C21H22N6O3/c1-13(25-12-23)26-9-18-19(10-26)21(18,11-22)15-3-5-16(6-4-15)27-8-17(30-20(27)29)7-24-14(2)28/h3-6,17-19H,7-10H2,1-2H3,(H,24,28)/t17-,18-,19+,21?/m0/s1. The van der Waals surface area contributed by atoms with Crippen molar-refractivity contribution in [3.63, 3.8) is 0 Å². The first-order chi connectivity index (χ1) is 14.4. The Morgan fingerprint density at radius 3 is 2.47 bits per heavy atom. The van der Waals surface area contributed by atoms with E-state index in [2.05, 4.69) is 21.3 Å². The van der Waals surface area contributed by atoms with Crippen molar-refractivity contribution in [3.8, 4) is 12.3 Å². The zero-order chi connectivity index (χ0) is 21.5. The first kappa shape index (κ1) is 19.7. The summed E-state index contributed by atoms with van der Waals surface area (Å²) in [5.74, 6) is 0.929. The zero-order valence-corrected chi connectivity index (χ0v) is 16.8. The summed E-state index contributed by atoms with van der Waals surface area (Å²) in [7, 11) is 0. The maximum absolute atomic E-state index is 12.2. The summed E-state index contributed by atoms with van der Waals surface area (Å²) < 4.78 is 5.30. The summed E-state index contributed by atoms with van der Waals surface area (Å²) >= 11 is 0. The molecule has 4 rings (SSSR count). The molecule has 2 amide bonds. The smallest absolute Gasteiger partial charge is 0.414 e. The third-order valence-corrected chi connectivity index (χ3v) is 6.34. The number of cyclic esters (lactones) is 1. The molecule has 30 heavy (non-hydrogen) atoms. The minimum absolute atomic E-state index is 0.168. The molecule has 0 bridgehead atoms. The van der Waals surface area contributed by atoms with Crippen LogP contribution < -0.4 is 10.2 Å². The molecule has 1 N–H and O–H groups in total. The molecule has 0 aromatic heterocycles. The van der Waals surface area contributed by atoms with Crippen LogP contribution in [0.5, 0.6) is 0 Å². The lowest BCUT2D eigenvalue weighted by Gasteiger charge is -2.24. The van der Waals surface area contributed by atoms with Crippen molar-refractivity contribution in [2.45, 2.75) is 25.4 Å². The van der Waals surface area contributed by atoms with Crippen LogP contribution in [0.2, 0.25) is 0 Å². The fraction of sp³-hybridized carbons (Fsp3) is 0.476. The number of amides is 2. The Hall–Kier alpha value is -3.59. The summed E-state index contributed by atoms with van der Waals surface area (Å²) in [6.07, 6.45) is 0.976. The van der Waals surface area contributed by atoms with Crippen LogP contribution in [0, 0.1) is 34.6 Å². The minimum atomic E-state index is -0.526. The lowest BCUT2D eigenvalue weighted by molar-refractivity contribution is -0.119. The van der Waals surface area contributed by atoms with Gasteiger partial charge in [0.15, 0.2) is 0 Å². The van der Waals surface area contributed by atoms with Gasteiger partial charge in [0, 0.05) is 37.5 Å². The molecular weight excluding hydrogens is 384 g/mol. The third-order valence-electron chi connectivity index (χ3n) is 6.34. The molecule has 1 aromatic carbocycles. The number of anilines is 1. The first-order valence-electron chi connectivity index (χ1n) is 9.83. The Balaban J connectivity index is 1.44. The maximum Gasteiger partial charge on any atom is 0.414 e. The van der Waals surface area contributed by atoms with Gasteiger partial charge in [-0.15, -0.1) is 0 Å². The lowest BCUT2D eigenvalue weighted by atomic mass is 9.91. The molecule has 1 aromatic rings. The fourth-order valence-corrected chi connectivity index (χ4v) is 4.71. The Bertz CT molecular complexity index is 977. The van der Waals surface area contributed by atoms with Crippen molar-refractivity contribution in [1.82, 2.24) is 10.2 Å². The summed E-state index contributed by atoms with van der Waals surface area (Å²) in [4.78, 5) is 30.6. The molecule has 1 aliphatic carbocycles. The van der Waals surface area contributed by atoms with Crippen LogP contribution in [0.3, 0.4) is 0 Å². The largest absolute Gasteiger partial charge is 0.442 e. The molecule has 2 saturated heterocycles. The van der Waals surface area contributed by atoms with Crippen molar-refractivity contribution >= 4 is 23.5 Å². The molecule has 2 heterocycles. The maximum atomic E-state index is 12.2. The van der Waals surface area contributed by atoms with Gasteiger partial charge in [-0.05, 0) is 24.6 Å². The second-order valence-corrected chi connectivity index (χ2v) is 7.96. The van der Waals surface area contributed by atoms with Crippen molar-refractivity contribution in [2.24, 2.45) is 16.8 Å². The van der Waals surface area contributed by atoms with E-state index in [1.54, 1.807) is 0 Å². The van der Waals surface area contributed by atoms with E-state index < -0.39 is 17.6 Å². The number of piperidine rings is 1. The second-order valence-electron chi connectivity index (χ2n) is 7.96. The van der Waals surface area contributed by atoms with E-state index in [9.17, 15) is 14.9 Å². The molecule has 1 saturated carbocycles. The number of nitrogens with zero attached hydrogens (tertiary/aromatic N) is 5. The number of likely N-dealkylation sites (tertiary alicyclic amines) is 1. The monoisotopic (exact) mass is 406 g/mol. The number of hydrogen-bond donors (Lipinski definition) is 1. The van der Waals surface area contributed by atoms with Crippen LogP contribution in [0.15, 0.2) is 29.3 Å². The van der Waals surface area contributed by atoms with E-state index in [0.29, 0.717) is 31.2 Å². The lowest BCUT2D eigenvalue weighted by Crippen LogP contribution is -2.33. The molecule has 4 atom stereocenters. The Morgan fingerprint density at radius 2 is 1.90 bits per heavy atom. The number of benzene rings is 1. The average Bonchev–Trinajstić information content (AvgIpc) is 3.02. The van der Waals surface area contributed by atoms with E-state index in [-0.39, 0.29) is 24.3 Å². The number of hydrogen-bond acceptors (Lipinski definition) is 6. The highest BCUT2D eigenvalue weighted by Crippen LogP contribution is 2.63. The van der Waals surface area contributed by atoms with E-state index >= 15 is 0 Å². The number of nitriles is 2. The minimum Gasteiger partial charge on any atom is -0.442 e.